The van der Waals surface area contributed by atoms with Gasteiger partial charge in [0.2, 0.25) is 0 Å². The third kappa shape index (κ3) is 5.27. The molecule has 0 N–H and O–H groups in total. The summed E-state index contributed by atoms with van der Waals surface area (Å²) >= 11 is 0. The fourth-order valence-corrected chi connectivity index (χ4v) is 1.73. The molecule has 0 aliphatic carbocycles. The first-order valence-corrected chi connectivity index (χ1v) is 6.97. The molecule has 0 amide bonds. The van der Waals surface area contributed by atoms with Gasteiger partial charge in [-0.1, -0.05) is 27.7 Å². The van der Waals surface area contributed by atoms with Gasteiger partial charge in [0.05, 0.1) is 11.4 Å². The molecule has 5 nitrogen and oxygen atoms in total. The molecule has 0 fully saturated rings. The Kier molecular flexibility index (Phi) is 6.41. The van der Waals surface area contributed by atoms with Crippen molar-refractivity contribution in [3.8, 4) is 6.07 Å². The Bertz CT molecular complexity index is 597. The van der Waals surface area contributed by atoms with Gasteiger partial charge < -0.3 is 0 Å². The molecule has 2 heterocycles. The molecule has 0 saturated heterocycles. The molecule has 110 valence electrons. The summed E-state index contributed by atoms with van der Waals surface area (Å²) in [7, 11) is 0. The number of rotatable bonds is 2. The lowest BCUT2D eigenvalue weighted by atomic mass is 10.0. The summed E-state index contributed by atoms with van der Waals surface area (Å²) in [6.45, 7) is 10.4. The van der Waals surface area contributed by atoms with Crippen molar-refractivity contribution in [1.29, 1.82) is 5.26 Å². The molecule has 0 atom stereocenters. The van der Waals surface area contributed by atoms with Gasteiger partial charge in [0.1, 0.15) is 6.07 Å². The molecule has 21 heavy (non-hydrogen) atoms. The van der Waals surface area contributed by atoms with E-state index in [-0.39, 0.29) is 0 Å². The van der Waals surface area contributed by atoms with Crippen molar-refractivity contribution >= 4 is 0 Å². The molecular formula is C16H21N5. The first-order chi connectivity index (χ1) is 9.95. The Morgan fingerprint density at radius 3 is 2.05 bits per heavy atom. The number of nitriles is 1. The van der Waals surface area contributed by atoms with Gasteiger partial charge in [-0.25, -0.2) is 0 Å². The van der Waals surface area contributed by atoms with Crippen LogP contribution in [0, 0.1) is 18.3 Å². The molecule has 0 saturated carbocycles. The van der Waals surface area contributed by atoms with E-state index in [1.807, 2.05) is 39.0 Å². The van der Waals surface area contributed by atoms with Crippen LogP contribution in [-0.2, 0) is 0 Å². The second kappa shape index (κ2) is 8.05. The monoisotopic (exact) mass is 283 g/mol. The molecule has 5 heteroatoms. The second-order valence-corrected chi connectivity index (χ2v) is 5.34. The zero-order chi connectivity index (χ0) is 15.8. The lowest BCUT2D eigenvalue weighted by Crippen LogP contribution is -1.95. The second-order valence-electron chi connectivity index (χ2n) is 5.34. The van der Waals surface area contributed by atoms with E-state index in [0.717, 1.165) is 11.4 Å². The highest BCUT2D eigenvalue weighted by atomic mass is 15.1. The Balaban J connectivity index is 0.000000211. The molecule has 0 bridgehead atoms. The maximum absolute atomic E-state index is 8.41. The van der Waals surface area contributed by atoms with E-state index in [0.29, 0.717) is 17.5 Å². The summed E-state index contributed by atoms with van der Waals surface area (Å²) in [6, 6.07) is 7.45. The summed E-state index contributed by atoms with van der Waals surface area (Å²) in [5.74, 6) is 0.922. The van der Waals surface area contributed by atoms with Crippen molar-refractivity contribution in [2.24, 2.45) is 0 Å². The van der Waals surface area contributed by atoms with Gasteiger partial charge in [-0.2, -0.15) is 20.6 Å². The van der Waals surface area contributed by atoms with Crippen LogP contribution in [0.1, 0.15) is 62.2 Å². The molecule has 0 aromatic carbocycles. The predicted molar refractivity (Wildman–Crippen MR) is 81.7 cm³/mol. The van der Waals surface area contributed by atoms with Gasteiger partial charge in [0, 0.05) is 6.20 Å². The van der Waals surface area contributed by atoms with Crippen LogP contribution in [0.4, 0.5) is 0 Å². The maximum atomic E-state index is 8.41. The predicted octanol–water partition coefficient (Wildman–Crippen LogP) is 3.38. The number of aromatic nitrogens is 4. The van der Waals surface area contributed by atoms with E-state index in [2.05, 4.69) is 34.2 Å². The van der Waals surface area contributed by atoms with Crippen molar-refractivity contribution in [3.05, 3.63) is 47.0 Å². The molecule has 0 aliphatic rings. The van der Waals surface area contributed by atoms with Crippen LogP contribution in [0.5, 0.6) is 0 Å². The quantitative estimate of drug-likeness (QED) is 0.844. The summed E-state index contributed by atoms with van der Waals surface area (Å²) in [4.78, 5) is 0. The topological polar surface area (TPSA) is 75.3 Å². The summed E-state index contributed by atoms with van der Waals surface area (Å²) < 4.78 is 0. The van der Waals surface area contributed by atoms with E-state index in [1.54, 1.807) is 12.3 Å². The van der Waals surface area contributed by atoms with E-state index in [4.69, 9.17) is 5.26 Å². The third-order valence-electron chi connectivity index (χ3n) is 2.96. The lowest BCUT2D eigenvalue weighted by molar-refractivity contribution is 0.782. The van der Waals surface area contributed by atoms with Gasteiger partial charge in [-0.3, -0.25) is 0 Å². The van der Waals surface area contributed by atoms with Gasteiger partial charge in [0.15, 0.2) is 5.69 Å². The number of hydrogen-bond acceptors (Lipinski definition) is 5. The van der Waals surface area contributed by atoms with E-state index < -0.39 is 0 Å². The van der Waals surface area contributed by atoms with Crippen LogP contribution in [0.25, 0.3) is 0 Å². The van der Waals surface area contributed by atoms with Gasteiger partial charge in [-0.05, 0) is 42.5 Å². The highest BCUT2D eigenvalue weighted by Gasteiger charge is 2.02. The summed E-state index contributed by atoms with van der Waals surface area (Å²) in [6.07, 6.45) is 1.74. The summed E-state index contributed by atoms with van der Waals surface area (Å²) in [5.41, 5.74) is 3.62. The smallest absolute Gasteiger partial charge is 0.163 e. The van der Waals surface area contributed by atoms with Gasteiger partial charge in [0.25, 0.3) is 0 Å². The van der Waals surface area contributed by atoms with Crippen molar-refractivity contribution in [2.75, 3.05) is 0 Å². The van der Waals surface area contributed by atoms with Gasteiger partial charge in [-0.15, -0.1) is 5.10 Å². The fraction of sp³-hybridized carbons (Fsp3) is 0.438. The standard InChI is InChI=1S/C8H9N3.C8H12N2/c1-6(2)8-4-3-7(5-9)10-11-8;1-6(2)8-4-5-9-10-7(8)3/h3-4,6H,1-2H3;4-6H,1-3H3. The average molecular weight is 283 g/mol. The minimum Gasteiger partial charge on any atom is -0.191 e. The van der Waals surface area contributed by atoms with E-state index >= 15 is 0 Å². The Hall–Kier alpha value is -2.35. The van der Waals surface area contributed by atoms with Crippen molar-refractivity contribution < 1.29 is 0 Å². The molecular weight excluding hydrogens is 262 g/mol. The SMILES string of the molecule is CC(C)c1ccc(C#N)nn1.Cc1nnccc1C(C)C. The van der Waals surface area contributed by atoms with Crippen LogP contribution in [0.2, 0.25) is 0 Å². The minimum atomic E-state index is 0.370. The Morgan fingerprint density at radius 1 is 0.952 bits per heavy atom. The van der Waals surface area contributed by atoms with Crippen LogP contribution < -0.4 is 0 Å². The molecule has 2 rings (SSSR count). The van der Waals surface area contributed by atoms with Crippen LogP contribution in [-0.4, -0.2) is 20.4 Å². The molecule has 0 aliphatic heterocycles. The maximum Gasteiger partial charge on any atom is 0.163 e. The largest absolute Gasteiger partial charge is 0.191 e. The number of nitrogens with zero attached hydrogens (tertiary/aromatic N) is 5. The Labute approximate surface area is 126 Å². The molecule has 2 aromatic heterocycles. The van der Waals surface area contributed by atoms with Crippen LogP contribution in [0.3, 0.4) is 0 Å². The fourth-order valence-electron chi connectivity index (χ4n) is 1.73. The molecule has 0 spiro atoms. The Morgan fingerprint density at radius 2 is 1.67 bits per heavy atom. The zero-order valence-corrected chi connectivity index (χ0v) is 13.2. The minimum absolute atomic E-state index is 0.370. The van der Waals surface area contributed by atoms with Crippen LogP contribution in [0.15, 0.2) is 24.4 Å². The van der Waals surface area contributed by atoms with Crippen LogP contribution >= 0.6 is 0 Å². The normalized spacial score (nSPS) is 10.0. The van der Waals surface area contributed by atoms with Crippen molar-refractivity contribution in [1.82, 2.24) is 20.4 Å². The number of aryl methyl sites for hydroxylation is 1. The average Bonchev–Trinajstić information content (AvgIpc) is 2.48. The molecule has 0 unspecified atom stereocenters. The first-order valence-electron chi connectivity index (χ1n) is 6.97. The van der Waals surface area contributed by atoms with E-state index in [9.17, 15) is 0 Å². The van der Waals surface area contributed by atoms with Crippen molar-refractivity contribution in [3.63, 3.8) is 0 Å². The molecule has 0 radical (unpaired) electrons. The lowest BCUT2D eigenvalue weighted by Gasteiger charge is -2.05. The molecule has 2 aromatic rings. The highest BCUT2D eigenvalue weighted by molar-refractivity contribution is 5.20. The summed E-state index contributed by atoms with van der Waals surface area (Å²) in [5, 5.41) is 23.7. The highest BCUT2D eigenvalue weighted by Crippen LogP contribution is 2.14. The third-order valence-corrected chi connectivity index (χ3v) is 2.96. The van der Waals surface area contributed by atoms with Crippen molar-refractivity contribution in [2.45, 2.75) is 46.5 Å². The van der Waals surface area contributed by atoms with E-state index in [1.165, 1.54) is 5.56 Å². The zero-order valence-electron chi connectivity index (χ0n) is 13.2. The first kappa shape index (κ1) is 16.7. The number of hydrogen-bond donors (Lipinski definition) is 0. The van der Waals surface area contributed by atoms with Gasteiger partial charge >= 0.3 is 0 Å².